The highest BCUT2D eigenvalue weighted by atomic mass is 35.5. The molecule has 0 spiro atoms. The minimum Gasteiger partial charge on any atom is -0.305 e. The van der Waals surface area contributed by atoms with Gasteiger partial charge in [-0.25, -0.2) is 4.98 Å². The van der Waals surface area contributed by atoms with Gasteiger partial charge in [0.15, 0.2) is 0 Å². The summed E-state index contributed by atoms with van der Waals surface area (Å²) in [5.41, 5.74) is 4.31. The van der Waals surface area contributed by atoms with E-state index in [4.69, 9.17) is 11.6 Å². The van der Waals surface area contributed by atoms with Gasteiger partial charge in [0.25, 0.3) is 5.56 Å². The molecular formula is C23H22ClN3OS. The molecule has 0 N–H and O–H groups in total. The number of rotatable bonds is 6. The van der Waals surface area contributed by atoms with E-state index in [1.54, 1.807) is 10.9 Å². The number of fused-ring (bicyclic) bond motifs is 1. The Morgan fingerprint density at radius 1 is 1.03 bits per heavy atom. The van der Waals surface area contributed by atoms with Crippen molar-refractivity contribution >= 4 is 33.2 Å². The van der Waals surface area contributed by atoms with Gasteiger partial charge in [0.2, 0.25) is 0 Å². The molecule has 0 aliphatic carbocycles. The minimum atomic E-state index is 0.0180. The first-order valence-electron chi connectivity index (χ1n) is 9.47. The van der Waals surface area contributed by atoms with E-state index in [1.807, 2.05) is 30.3 Å². The summed E-state index contributed by atoms with van der Waals surface area (Å²) in [5.74, 6) is 0. The summed E-state index contributed by atoms with van der Waals surface area (Å²) in [6.45, 7) is 1.54. The number of aromatic nitrogens is 2. The molecule has 6 heteroatoms. The fraction of sp³-hybridized carbons (Fsp3) is 0.217. The number of thiophene rings is 1. The lowest BCUT2D eigenvalue weighted by Gasteiger charge is -2.10. The van der Waals surface area contributed by atoms with Gasteiger partial charge in [-0.2, -0.15) is 0 Å². The van der Waals surface area contributed by atoms with Gasteiger partial charge in [-0.1, -0.05) is 48.0 Å². The Morgan fingerprint density at radius 2 is 1.72 bits per heavy atom. The van der Waals surface area contributed by atoms with E-state index in [-0.39, 0.29) is 5.56 Å². The Hall–Kier alpha value is -2.47. The summed E-state index contributed by atoms with van der Waals surface area (Å²) in [6, 6.07) is 18.2. The van der Waals surface area contributed by atoms with Crippen molar-refractivity contribution in [1.82, 2.24) is 14.5 Å². The molecule has 2 aromatic heterocycles. The largest absolute Gasteiger partial charge is 0.305 e. The van der Waals surface area contributed by atoms with Crippen molar-refractivity contribution in [2.75, 3.05) is 14.1 Å². The molecule has 0 aliphatic rings. The second-order valence-electron chi connectivity index (χ2n) is 7.38. The van der Waals surface area contributed by atoms with Gasteiger partial charge in [-0.05, 0) is 55.4 Å². The van der Waals surface area contributed by atoms with Crippen molar-refractivity contribution < 1.29 is 0 Å². The maximum atomic E-state index is 12.9. The highest BCUT2D eigenvalue weighted by molar-refractivity contribution is 7.22. The van der Waals surface area contributed by atoms with Crippen LogP contribution in [-0.2, 0) is 19.5 Å². The fourth-order valence-electron chi connectivity index (χ4n) is 3.29. The lowest BCUT2D eigenvalue weighted by Crippen LogP contribution is -2.20. The van der Waals surface area contributed by atoms with Gasteiger partial charge in [0, 0.05) is 23.0 Å². The zero-order valence-corrected chi connectivity index (χ0v) is 18.0. The van der Waals surface area contributed by atoms with Crippen LogP contribution in [0.5, 0.6) is 0 Å². The standard InChI is InChI=1S/C23H22ClN3OS/c1-26(2)14-17-5-3-16(4-6-17)11-12-27-15-25-20-13-21(29-22(20)23(27)28)18-7-9-19(24)10-8-18/h3-10,13,15H,11-12,14H2,1-2H3. The van der Waals surface area contributed by atoms with E-state index in [1.165, 1.54) is 22.5 Å². The van der Waals surface area contributed by atoms with Crippen LogP contribution in [0.25, 0.3) is 20.7 Å². The monoisotopic (exact) mass is 423 g/mol. The molecule has 29 heavy (non-hydrogen) atoms. The van der Waals surface area contributed by atoms with E-state index in [2.05, 4.69) is 48.2 Å². The normalized spacial score (nSPS) is 11.4. The van der Waals surface area contributed by atoms with Crippen molar-refractivity contribution in [3.05, 3.63) is 87.4 Å². The Balaban J connectivity index is 1.53. The predicted octanol–water partition coefficient (Wildman–Crippen LogP) is 5.08. The molecule has 0 saturated carbocycles. The second kappa shape index (κ2) is 8.49. The summed E-state index contributed by atoms with van der Waals surface area (Å²) < 4.78 is 2.40. The third-order valence-corrected chi connectivity index (χ3v) is 6.21. The molecular weight excluding hydrogens is 402 g/mol. The van der Waals surface area contributed by atoms with Crippen molar-refractivity contribution in [2.24, 2.45) is 0 Å². The lowest BCUT2D eigenvalue weighted by molar-refractivity contribution is 0.402. The number of nitrogens with zero attached hydrogens (tertiary/aromatic N) is 3. The molecule has 4 rings (SSSR count). The average molecular weight is 424 g/mol. The van der Waals surface area contributed by atoms with Gasteiger partial charge < -0.3 is 4.90 Å². The molecule has 148 valence electrons. The number of hydrogen-bond donors (Lipinski definition) is 0. The first kappa shape index (κ1) is 19.8. The molecule has 2 aromatic carbocycles. The van der Waals surface area contributed by atoms with Gasteiger partial charge >= 0.3 is 0 Å². The first-order valence-corrected chi connectivity index (χ1v) is 10.7. The molecule has 0 fully saturated rings. The molecule has 0 unspecified atom stereocenters. The Morgan fingerprint density at radius 3 is 2.41 bits per heavy atom. The fourth-order valence-corrected chi connectivity index (χ4v) is 4.48. The molecule has 0 radical (unpaired) electrons. The highest BCUT2D eigenvalue weighted by Gasteiger charge is 2.11. The molecule has 2 heterocycles. The summed E-state index contributed by atoms with van der Waals surface area (Å²) >= 11 is 7.46. The molecule has 0 bridgehead atoms. The Labute approximate surface area is 179 Å². The smallest absolute Gasteiger partial charge is 0.271 e. The number of halogens is 1. The predicted molar refractivity (Wildman–Crippen MR) is 122 cm³/mol. The third kappa shape index (κ3) is 4.58. The van der Waals surface area contributed by atoms with Crippen LogP contribution >= 0.6 is 22.9 Å². The van der Waals surface area contributed by atoms with Crippen molar-refractivity contribution in [3.8, 4) is 10.4 Å². The highest BCUT2D eigenvalue weighted by Crippen LogP contribution is 2.31. The van der Waals surface area contributed by atoms with E-state index >= 15 is 0 Å². The summed E-state index contributed by atoms with van der Waals surface area (Å²) in [6.07, 6.45) is 2.45. The summed E-state index contributed by atoms with van der Waals surface area (Å²) in [4.78, 5) is 20.6. The van der Waals surface area contributed by atoms with E-state index in [9.17, 15) is 4.79 Å². The number of hydrogen-bond acceptors (Lipinski definition) is 4. The van der Waals surface area contributed by atoms with E-state index < -0.39 is 0 Å². The summed E-state index contributed by atoms with van der Waals surface area (Å²) in [5, 5.41) is 0.699. The van der Waals surface area contributed by atoms with Crippen LogP contribution < -0.4 is 5.56 Å². The van der Waals surface area contributed by atoms with Crippen molar-refractivity contribution in [2.45, 2.75) is 19.5 Å². The maximum absolute atomic E-state index is 12.9. The average Bonchev–Trinajstić information content (AvgIpc) is 3.14. The molecule has 0 saturated heterocycles. The SMILES string of the molecule is CN(C)Cc1ccc(CCn2cnc3cc(-c4ccc(Cl)cc4)sc3c2=O)cc1. The first-order chi connectivity index (χ1) is 14.0. The van der Waals surface area contributed by atoms with Crippen LogP contribution in [0.2, 0.25) is 5.02 Å². The van der Waals surface area contributed by atoms with E-state index in [0.717, 1.165) is 28.9 Å². The Bertz CT molecular complexity index is 1180. The van der Waals surface area contributed by atoms with Gasteiger partial charge in [-0.15, -0.1) is 11.3 Å². The number of benzene rings is 2. The van der Waals surface area contributed by atoms with Crippen molar-refractivity contribution in [3.63, 3.8) is 0 Å². The topological polar surface area (TPSA) is 38.1 Å². The summed E-state index contributed by atoms with van der Waals surface area (Å²) in [7, 11) is 4.12. The van der Waals surface area contributed by atoms with Gasteiger partial charge in [0.1, 0.15) is 4.70 Å². The van der Waals surface area contributed by atoms with Gasteiger partial charge in [0.05, 0.1) is 11.8 Å². The van der Waals surface area contributed by atoms with Crippen LogP contribution in [-0.4, -0.2) is 28.5 Å². The van der Waals surface area contributed by atoms with Crippen LogP contribution in [0, 0.1) is 0 Å². The molecule has 0 amide bonds. The van der Waals surface area contributed by atoms with Gasteiger partial charge in [-0.3, -0.25) is 9.36 Å². The zero-order chi connectivity index (χ0) is 20.4. The number of aryl methyl sites for hydroxylation is 2. The van der Waals surface area contributed by atoms with Crippen LogP contribution in [0.3, 0.4) is 0 Å². The minimum absolute atomic E-state index is 0.0180. The molecule has 4 aromatic rings. The zero-order valence-electron chi connectivity index (χ0n) is 16.4. The molecule has 4 nitrogen and oxygen atoms in total. The van der Waals surface area contributed by atoms with Crippen LogP contribution in [0.1, 0.15) is 11.1 Å². The van der Waals surface area contributed by atoms with Crippen LogP contribution in [0.4, 0.5) is 0 Å². The van der Waals surface area contributed by atoms with Crippen LogP contribution in [0.15, 0.2) is 65.7 Å². The Kier molecular flexibility index (Phi) is 5.81. The maximum Gasteiger partial charge on any atom is 0.271 e. The second-order valence-corrected chi connectivity index (χ2v) is 8.87. The lowest BCUT2D eigenvalue weighted by atomic mass is 10.1. The third-order valence-electron chi connectivity index (χ3n) is 4.80. The quantitative estimate of drug-likeness (QED) is 0.434. The molecule has 0 atom stereocenters. The van der Waals surface area contributed by atoms with E-state index in [0.29, 0.717) is 16.3 Å². The van der Waals surface area contributed by atoms with Crippen molar-refractivity contribution in [1.29, 1.82) is 0 Å². The molecule has 0 aliphatic heterocycles.